The van der Waals surface area contributed by atoms with Crippen LogP contribution < -0.4 is 15.9 Å². The summed E-state index contributed by atoms with van der Waals surface area (Å²) in [7, 11) is 0. The van der Waals surface area contributed by atoms with E-state index in [1.165, 1.54) is 16.4 Å². The molecule has 146 valence electrons. The van der Waals surface area contributed by atoms with Gasteiger partial charge in [-0.05, 0) is 32.9 Å². The largest absolute Gasteiger partial charge is 0.492 e. The molecule has 0 fully saturated rings. The van der Waals surface area contributed by atoms with Crippen LogP contribution >= 0.6 is 11.8 Å². The Bertz CT molecular complexity index is 955. The molecule has 1 amide bonds. The van der Waals surface area contributed by atoms with Crippen molar-refractivity contribution in [3.8, 4) is 17.1 Å². The number of benzene rings is 2. The van der Waals surface area contributed by atoms with Gasteiger partial charge in [-0.3, -0.25) is 4.79 Å². The molecule has 1 unspecified atom stereocenters. The fourth-order valence-corrected chi connectivity index (χ4v) is 3.32. The number of thioether (sulfide) groups is 1. The predicted molar refractivity (Wildman–Crippen MR) is 112 cm³/mol. The van der Waals surface area contributed by atoms with Crippen LogP contribution in [0.15, 0.2) is 53.7 Å². The molecule has 0 aliphatic carbocycles. The van der Waals surface area contributed by atoms with E-state index in [9.17, 15) is 4.79 Å². The molecule has 1 heterocycles. The highest BCUT2D eigenvalue weighted by Gasteiger charge is 2.21. The number of nitrogens with one attached hydrogen (secondary N) is 1. The van der Waals surface area contributed by atoms with E-state index in [0.717, 1.165) is 11.1 Å². The van der Waals surface area contributed by atoms with Crippen LogP contribution in [-0.4, -0.2) is 32.6 Å². The number of aryl methyl sites for hydroxylation is 1. The number of nitrogen functional groups attached to an aromatic ring is 1. The van der Waals surface area contributed by atoms with Gasteiger partial charge in [0.25, 0.3) is 0 Å². The highest BCUT2D eigenvalue weighted by molar-refractivity contribution is 8.00. The molecule has 2 aromatic carbocycles. The minimum Gasteiger partial charge on any atom is -0.492 e. The first-order chi connectivity index (χ1) is 13.5. The van der Waals surface area contributed by atoms with Gasteiger partial charge in [-0.15, -0.1) is 10.2 Å². The van der Waals surface area contributed by atoms with E-state index in [4.69, 9.17) is 10.6 Å². The van der Waals surface area contributed by atoms with Crippen molar-refractivity contribution in [2.45, 2.75) is 31.2 Å². The maximum Gasteiger partial charge on any atom is 0.237 e. The van der Waals surface area contributed by atoms with E-state index in [-0.39, 0.29) is 5.91 Å². The molecule has 0 radical (unpaired) electrons. The zero-order chi connectivity index (χ0) is 20.1. The molecule has 3 rings (SSSR count). The summed E-state index contributed by atoms with van der Waals surface area (Å²) in [6.45, 7) is 6.23. The van der Waals surface area contributed by atoms with Gasteiger partial charge in [-0.2, -0.15) is 0 Å². The standard InChI is InChI=1S/C20H23N5O2S/c1-4-27-17-8-6-5-7-16(17)22-19(26)14(3)28-20-24-23-18(25(20)21)15-11-9-13(2)10-12-15/h5-12,14H,4,21H2,1-3H3,(H,22,26). The Morgan fingerprint density at radius 3 is 2.64 bits per heavy atom. The van der Waals surface area contributed by atoms with Crippen molar-refractivity contribution in [1.82, 2.24) is 14.9 Å². The Morgan fingerprint density at radius 2 is 1.93 bits per heavy atom. The van der Waals surface area contributed by atoms with Gasteiger partial charge in [-0.25, -0.2) is 4.68 Å². The number of carbonyl (C=O) groups is 1. The smallest absolute Gasteiger partial charge is 0.237 e. The van der Waals surface area contributed by atoms with Crippen molar-refractivity contribution in [3.63, 3.8) is 0 Å². The molecule has 3 aromatic rings. The number of rotatable bonds is 7. The van der Waals surface area contributed by atoms with Crippen LogP contribution in [0.1, 0.15) is 19.4 Å². The predicted octanol–water partition coefficient (Wildman–Crippen LogP) is 3.49. The SMILES string of the molecule is CCOc1ccccc1NC(=O)C(C)Sc1nnc(-c2ccc(C)cc2)n1N. The first-order valence-corrected chi connectivity index (χ1v) is 9.84. The highest BCUT2D eigenvalue weighted by atomic mass is 32.2. The van der Waals surface area contributed by atoms with Crippen LogP contribution in [0.2, 0.25) is 0 Å². The molecular weight excluding hydrogens is 374 g/mol. The molecule has 8 heteroatoms. The number of amides is 1. The topological polar surface area (TPSA) is 95.1 Å². The number of anilines is 1. The fraction of sp³-hybridized carbons (Fsp3) is 0.250. The van der Waals surface area contributed by atoms with Crippen molar-refractivity contribution in [2.24, 2.45) is 0 Å². The number of nitrogens with zero attached hydrogens (tertiary/aromatic N) is 3. The molecule has 1 atom stereocenters. The lowest BCUT2D eigenvalue weighted by molar-refractivity contribution is -0.115. The summed E-state index contributed by atoms with van der Waals surface area (Å²) in [6, 6.07) is 15.2. The first kappa shape index (κ1) is 19.8. The van der Waals surface area contributed by atoms with Crippen molar-refractivity contribution in [2.75, 3.05) is 17.8 Å². The van der Waals surface area contributed by atoms with Gasteiger partial charge in [-0.1, -0.05) is 53.7 Å². The molecule has 0 saturated carbocycles. The van der Waals surface area contributed by atoms with Gasteiger partial charge < -0.3 is 15.9 Å². The molecule has 1 aromatic heterocycles. The average molecular weight is 398 g/mol. The van der Waals surface area contributed by atoms with Crippen LogP contribution in [0, 0.1) is 6.92 Å². The monoisotopic (exact) mass is 397 g/mol. The minimum absolute atomic E-state index is 0.169. The quantitative estimate of drug-likeness (QED) is 0.468. The minimum atomic E-state index is -0.424. The third-order valence-electron chi connectivity index (χ3n) is 4.07. The summed E-state index contributed by atoms with van der Waals surface area (Å²) in [5, 5.41) is 11.2. The van der Waals surface area contributed by atoms with Gasteiger partial charge in [0.1, 0.15) is 5.75 Å². The fourth-order valence-electron chi connectivity index (χ4n) is 2.55. The highest BCUT2D eigenvalue weighted by Crippen LogP contribution is 2.28. The lowest BCUT2D eigenvalue weighted by Crippen LogP contribution is -2.24. The van der Waals surface area contributed by atoms with Crippen molar-refractivity contribution < 1.29 is 9.53 Å². The second kappa shape index (κ2) is 8.79. The number of para-hydroxylation sites is 2. The molecular formula is C20H23N5O2S. The Kier molecular flexibility index (Phi) is 6.20. The first-order valence-electron chi connectivity index (χ1n) is 8.96. The van der Waals surface area contributed by atoms with Gasteiger partial charge in [0, 0.05) is 5.56 Å². The van der Waals surface area contributed by atoms with Gasteiger partial charge in [0.05, 0.1) is 17.5 Å². The summed E-state index contributed by atoms with van der Waals surface area (Å²) in [5.41, 5.74) is 2.66. The summed E-state index contributed by atoms with van der Waals surface area (Å²) in [4.78, 5) is 12.6. The second-order valence-electron chi connectivity index (χ2n) is 6.22. The molecule has 0 spiro atoms. The third kappa shape index (κ3) is 4.45. The molecule has 0 saturated heterocycles. The normalized spacial score (nSPS) is 11.8. The van der Waals surface area contributed by atoms with Crippen LogP contribution in [0.5, 0.6) is 5.75 Å². The number of aromatic nitrogens is 3. The van der Waals surface area contributed by atoms with E-state index >= 15 is 0 Å². The summed E-state index contributed by atoms with van der Waals surface area (Å²) in [5.74, 6) is 7.18. The number of ether oxygens (including phenoxy) is 1. The van der Waals surface area contributed by atoms with Crippen molar-refractivity contribution in [3.05, 3.63) is 54.1 Å². The average Bonchev–Trinajstić information content (AvgIpc) is 3.04. The third-order valence-corrected chi connectivity index (χ3v) is 5.13. The number of carbonyl (C=O) groups excluding carboxylic acids is 1. The molecule has 0 aliphatic rings. The second-order valence-corrected chi connectivity index (χ2v) is 7.53. The number of nitrogens with two attached hydrogens (primary N) is 1. The maximum absolute atomic E-state index is 12.6. The Morgan fingerprint density at radius 1 is 1.21 bits per heavy atom. The molecule has 7 nitrogen and oxygen atoms in total. The molecule has 3 N–H and O–H groups in total. The zero-order valence-corrected chi connectivity index (χ0v) is 16.9. The van der Waals surface area contributed by atoms with E-state index in [2.05, 4.69) is 15.5 Å². The van der Waals surface area contributed by atoms with Crippen LogP contribution in [0.4, 0.5) is 5.69 Å². The molecule has 0 aliphatic heterocycles. The molecule has 0 bridgehead atoms. The number of hydrogen-bond acceptors (Lipinski definition) is 6. The van der Waals surface area contributed by atoms with Crippen LogP contribution in [0.25, 0.3) is 11.4 Å². The Hall–Kier alpha value is -3.00. The van der Waals surface area contributed by atoms with Gasteiger partial charge in [0.15, 0.2) is 5.82 Å². The van der Waals surface area contributed by atoms with Gasteiger partial charge >= 0.3 is 0 Å². The summed E-state index contributed by atoms with van der Waals surface area (Å²) < 4.78 is 6.96. The summed E-state index contributed by atoms with van der Waals surface area (Å²) in [6.07, 6.45) is 0. The van der Waals surface area contributed by atoms with E-state index in [0.29, 0.717) is 29.0 Å². The van der Waals surface area contributed by atoms with E-state index in [1.807, 2.05) is 56.3 Å². The Labute approximate surface area is 168 Å². The maximum atomic E-state index is 12.6. The van der Waals surface area contributed by atoms with Crippen molar-refractivity contribution >= 4 is 23.4 Å². The lowest BCUT2D eigenvalue weighted by Gasteiger charge is -2.14. The Balaban J connectivity index is 1.70. The van der Waals surface area contributed by atoms with E-state index < -0.39 is 5.25 Å². The van der Waals surface area contributed by atoms with Gasteiger partial charge in [0.2, 0.25) is 11.1 Å². The van der Waals surface area contributed by atoms with Crippen molar-refractivity contribution in [1.29, 1.82) is 0 Å². The lowest BCUT2D eigenvalue weighted by atomic mass is 10.1. The van der Waals surface area contributed by atoms with Crippen LogP contribution in [-0.2, 0) is 4.79 Å². The van der Waals surface area contributed by atoms with Crippen LogP contribution in [0.3, 0.4) is 0 Å². The van der Waals surface area contributed by atoms with E-state index in [1.54, 1.807) is 13.0 Å². The number of hydrogen-bond donors (Lipinski definition) is 2. The zero-order valence-electron chi connectivity index (χ0n) is 16.0. The molecule has 28 heavy (non-hydrogen) atoms. The summed E-state index contributed by atoms with van der Waals surface area (Å²) >= 11 is 1.25.